The minimum Gasteiger partial charge on any atom is -0.405 e. The van der Waals surface area contributed by atoms with Gasteiger partial charge in [0.1, 0.15) is 0 Å². The summed E-state index contributed by atoms with van der Waals surface area (Å²) in [5.41, 5.74) is 10.2. The number of amides is 2. The smallest absolute Gasteiger partial charge is 0.331 e. The predicted octanol–water partition coefficient (Wildman–Crippen LogP) is 1.92. The van der Waals surface area contributed by atoms with E-state index in [-0.39, 0.29) is 6.03 Å². The average molecular weight is 313 g/mol. The van der Waals surface area contributed by atoms with Crippen molar-refractivity contribution in [2.75, 3.05) is 34.2 Å². The van der Waals surface area contributed by atoms with Crippen LogP contribution in [0.5, 0.6) is 0 Å². The molecule has 1 heterocycles. The second-order valence-corrected chi connectivity index (χ2v) is 4.74. The third-order valence-corrected chi connectivity index (χ3v) is 3.20. The van der Waals surface area contributed by atoms with Crippen molar-refractivity contribution in [3.63, 3.8) is 0 Å². The molecule has 1 rings (SSSR count). The van der Waals surface area contributed by atoms with Gasteiger partial charge >= 0.3 is 6.03 Å². The number of hydrazine groups is 1. The molecule has 0 radical (unpaired) electrons. The number of rotatable bonds is 3. The summed E-state index contributed by atoms with van der Waals surface area (Å²) in [6, 6.07) is 0.321. The molecular weight excluding hydrogens is 278 g/mol. The fraction of sp³-hybridized carbons (Fsp3) is 0.688. The van der Waals surface area contributed by atoms with Crippen molar-refractivity contribution in [1.29, 1.82) is 0 Å². The first kappa shape index (κ1) is 22.7. The van der Waals surface area contributed by atoms with Crippen molar-refractivity contribution in [2.24, 2.45) is 5.73 Å². The molecule has 0 unspecified atom stereocenters. The van der Waals surface area contributed by atoms with Crippen LogP contribution < -0.4 is 16.6 Å². The lowest BCUT2D eigenvalue weighted by atomic mass is 10.0. The topological polar surface area (TPSA) is 73.6 Å². The minimum atomic E-state index is -0.0537. The number of nitrogens with zero attached hydrogens (tertiary/aromatic N) is 2. The van der Waals surface area contributed by atoms with E-state index in [1.165, 1.54) is 6.20 Å². The quantitative estimate of drug-likeness (QED) is 0.550. The molecule has 0 aromatic rings. The lowest BCUT2D eigenvalue weighted by Crippen LogP contribution is -2.50. The second kappa shape index (κ2) is 15.9. The molecule has 130 valence electrons. The van der Waals surface area contributed by atoms with Crippen molar-refractivity contribution >= 4 is 6.03 Å². The summed E-state index contributed by atoms with van der Waals surface area (Å²) in [5.74, 6) is 0. The number of likely N-dealkylation sites (tertiary alicyclic amines) is 1. The van der Waals surface area contributed by atoms with Crippen molar-refractivity contribution in [3.05, 3.63) is 24.4 Å². The van der Waals surface area contributed by atoms with Gasteiger partial charge in [-0.2, -0.15) is 0 Å². The van der Waals surface area contributed by atoms with E-state index in [4.69, 9.17) is 5.73 Å². The largest absolute Gasteiger partial charge is 0.405 e. The zero-order chi connectivity index (χ0) is 17.4. The van der Waals surface area contributed by atoms with Crippen molar-refractivity contribution in [3.8, 4) is 0 Å². The number of hydrogen-bond acceptors (Lipinski definition) is 4. The van der Waals surface area contributed by atoms with E-state index >= 15 is 0 Å². The third kappa shape index (κ3) is 11.2. The lowest BCUT2D eigenvalue weighted by molar-refractivity contribution is 0.146. The zero-order valence-corrected chi connectivity index (χ0v) is 15.1. The summed E-state index contributed by atoms with van der Waals surface area (Å²) in [6.45, 7) is 8.09. The Balaban J connectivity index is 0. The molecule has 1 fully saturated rings. The molecule has 0 aromatic carbocycles. The molecule has 1 aliphatic heterocycles. The molecule has 0 bridgehead atoms. The van der Waals surface area contributed by atoms with Gasteiger partial charge in [-0.25, -0.2) is 10.2 Å². The Morgan fingerprint density at radius 2 is 1.82 bits per heavy atom. The molecule has 0 saturated carbocycles. The number of piperidine rings is 1. The van der Waals surface area contributed by atoms with Gasteiger partial charge in [0, 0.05) is 20.1 Å². The molecule has 4 N–H and O–H groups in total. The fourth-order valence-electron chi connectivity index (χ4n) is 1.92. The van der Waals surface area contributed by atoms with E-state index in [0.717, 1.165) is 25.9 Å². The van der Waals surface area contributed by atoms with Gasteiger partial charge in [0.05, 0.1) is 0 Å². The van der Waals surface area contributed by atoms with Gasteiger partial charge in [0.25, 0.3) is 0 Å². The normalized spacial score (nSPS) is 15.7. The molecule has 2 amide bonds. The second-order valence-electron chi connectivity index (χ2n) is 4.74. The van der Waals surface area contributed by atoms with Gasteiger partial charge in [0.15, 0.2) is 0 Å². The first-order valence-electron chi connectivity index (χ1n) is 7.94. The number of allylic oxidation sites excluding steroid dienone is 3. The van der Waals surface area contributed by atoms with Crippen LogP contribution in [0.25, 0.3) is 0 Å². The molecule has 0 atom stereocenters. The van der Waals surface area contributed by atoms with Crippen molar-refractivity contribution in [1.82, 2.24) is 20.7 Å². The van der Waals surface area contributed by atoms with Gasteiger partial charge in [-0.05, 0) is 52.2 Å². The van der Waals surface area contributed by atoms with Crippen LogP contribution in [-0.4, -0.2) is 56.1 Å². The highest BCUT2D eigenvalue weighted by Gasteiger charge is 2.23. The Morgan fingerprint density at radius 1 is 1.27 bits per heavy atom. The predicted molar refractivity (Wildman–Crippen MR) is 95.4 cm³/mol. The van der Waals surface area contributed by atoms with Gasteiger partial charge in [0.2, 0.25) is 0 Å². The third-order valence-electron chi connectivity index (χ3n) is 3.20. The molecule has 0 spiro atoms. The summed E-state index contributed by atoms with van der Waals surface area (Å²) in [4.78, 5) is 15.5. The lowest BCUT2D eigenvalue weighted by Gasteiger charge is -2.34. The van der Waals surface area contributed by atoms with Crippen LogP contribution >= 0.6 is 0 Å². The van der Waals surface area contributed by atoms with Crippen LogP contribution in [0.1, 0.15) is 33.6 Å². The Labute approximate surface area is 136 Å². The van der Waals surface area contributed by atoms with Crippen LogP contribution in [0.2, 0.25) is 0 Å². The zero-order valence-electron chi connectivity index (χ0n) is 15.1. The summed E-state index contributed by atoms with van der Waals surface area (Å²) in [5, 5.41) is 0. The van der Waals surface area contributed by atoms with E-state index < -0.39 is 0 Å². The molecule has 6 heteroatoms. The van der Waals surface area contributed by atoms with Gasteiger partial charge in [-0.1, -0.05) is 26.0 Å². The summed E-state index contributed by atoms with van der Waals surface area (Å²) >= 11 is 0. The van der Waals surface area contributed by atoms with E-state index in [0.29, 0.717) is 6.04 Å². The van der Waals surface area contributed by atoms with Crippen LogP contribution in [-0.2, 0) is 0 Å². The van der Waals surface area contributed by atoms with Crippen molar-refractivity contribution in [2.45, 2.75) is 39.7 Å². The average Bonchev–Trinajstić information content (AvgIpc) is 2.55. The fourth-order valence-corrected chi connectivity index (χ4v) is 1.92. The van der Waals surface area contributed by atoms with Gasteiger partial charge in [-0.15, -0.1) is 0 Å². The molecule has 22 heavy (non-hydrogen) atoms. The van der Waals surface area contributed by atoms with Gasteiger partial charge in [-0.3, -0.25) is 5.43 Å². The SMILES string of the molecule is C/C=C\C=C/N.CC.CNNC(=O)N(C)C1CCN(C)CC1. The minimum absolute atomic E-state index is 0.0537. The highest BCUT2D eigenvalue weighted by molar-refractivity contribution is 5.73. The Bertz CT molecular complexity index is 300. The monoisotopic (exact) mass is 313 g/mol. The van der Waals surface area contributed by atoms with Crippen LogP contribution in [0.15, 0.2) is 24.4 Å². The molecular formula is C16H35N5O. The van der Waals surface area contributed by atoms with E-state index in [1.54, 1.807) is 18.0 Å². The number of hydrogen-bond donors (Lipinski definition) is 3. The maximum absolute atomic E-state index is 11.5. The van der Waals surface area contributed by atoms with Crippen LogP contribution in [0, 0.1) is 0 Å². The molecule has 0 aromatic heterocycles. The molecule has 1 aliphatic rings. The standard InChI is InChI=1S/C9H20N4O.C5H9N.C2H6/c1-10-11-9(14)13(3)8-4-6-12(2)7-5-8;1-2-3-4-5-6;1-2/h8,10H,4-7H2,1-3H3,(H,11,14);2-5H,6H2,1H3;1-2H3/b;3-2-,5-4-;. The molecule has 0 aliphatic carbocycles. The summed E-state index contributed by atoms with van der Waals surface area (Å²) < 4.78 is 0. The van der Waals surface area contributed by atoms with Crippen LogP contribution in [0.4, 0.5) is 4.79 Å². The number of carbonyl (C=O) groups is 1. The number of nitrogens with one attached hydrogen (secondary N) is 2. The first-order valence-corrected chi connectivity index (χ1v) is 7.94. The van der Waals surface area contributed by atoms with Crippen LogP contribution in [0.3, 0.4) is 0 Å². The molecule has 1 saturated heterocycles. The van der Waals surface area contributed by atoms with Gasteiger partial charge < -0.3 is 15.5 Å². The van der Waals surface area contributed by atoms with Crippen molar-refractivity contribution < 1.29 is 4.79 Å². The summed E-state index contributed by atoms with van der Waals surface area (Å²) in [6.07, 6.45) is 9.19. The highest BCUT2D eigenvalue weighted by Crippen LogP contribution is 2.13. The maximum atomic E-state index is 11.5. The maximum Gasteiger partial charge on any atom is 0.331 e. The Morgan fingerprint density at radius 3 is 2.18 bits per heavy atom. The van der Waals surface area contributed by atoms with E-state index in [9.17, 15) is 4.79 Å². The first-order chi connectivity index (χ1) is 10.6. The number of carbonyl (C=O) groups excluding carboxylic acids is 1. The van der Waals surface area contributed by atoms with E-state index in [2.05, 4.69) is 22.8 Å². The Kier molecular flexibility index (Phi) is 16.4. The Hall–Kier alpha value is -1.53. The molecule has 6 nitrogen and oxygen atoms in total. The highest BCUT2D eigenvalue weighted by atomic mass is 16.2. The number of nitrogens with two attached hydrogens (primary N) is 1. The summed E-state index contributed by atoms with van der Waals surface area (Å²) in [7, 11) is 5.66. The van der Waals surface area contributed by atoms with E-state index in [1.807, 2.05) is 40.0 Å². The number of urea groups is 1.